The van der Waals surface area contributed by atoms with Crippen molar-refractivity contribution in [1.82, 2.24) is 5.32 Å². The van der Waals surface area contributed by atoms with Gasteiger partial charge in [0.1, 0.15) is 0 Å². The molecule has 1 nitrogen and oxygen atoms in total. The van der Waals surface area contributed by atoms with Crippen molar-refractivity contribution in [3.05, 3.63) is 0 Å². The fraction of sp³-hybridized carbons (Fsp3) is 1.00. The zero-order chi connectivity index (χ0) is 9.03. The van der Waals surface area contributed by atoms with Crippen molar-refractivity contribution >= 4 is 0 Å². The zero-order valence-corrected chi connectivity index (χ0v) is 6.95. The predicted octanol–water partition coefficient (Wildman–Crippen LogP) is 2.33. The number of hydrogen-bond acceptors (Lipinski definition) is 1. The lowest BCUT2D eigenvalue weighted by Crippen LogP contribution is -2.31. The summed E-state index contributed by atoms with van der Waals surface area (Å²) in [6, 6.07) is 0. The number of nitrogens with one attached hydrogen (secondary N) is 1. The van der Waals surface area contributed by atoms with E-state index in [1.807, 2.05) is 0 Å². The van der Waals surface area contributed by atoms with Crippen molar-refractivity contribution in [3.8, 4) is 0 Å². The van der Waals surface area contributed by atoms with Gasteiger partial charge in [0.15, 0.2) is 0 Å². The maximum absolute atomic E-state index is 11.7. The van der Waals surface area contributed by atoms with Crippen LogP contribution >= 0.6 is 0 Å². The topological polar surface area (TPSA) is 12.0 Å². The summed E-state index contributed by atoms with van der Waals surface area (Å²) in [5.41, 5.74) is 0. The Bertz CT molecular complexity index is 127. The van der Waals surface area contributed by atoms with Crippen LogP contribution < -0.4 is 5.32 Å². The molecule has 0 aliphatic heterocycles. The Morgan fingerprint density at radius 1 is 1.17 bits per heavy atom. The minimum atomic E-state index is -4.06. The molecule has 0 spiro atoms. The van der Waals surface area contributed by atoms with E-state index < -0.39 is 12.7 Å². The SMILES string of the molecule is FC(F)(F)CNCC1CCCC1. The Balaban J connectivity index is 2.02. The maximum atomic E-state index is 11.7. The van der Waals surface area contributed by atoms with Crippen LogP contribution in [0, 0.1) is 5.92 Å². The lowest BCUT2D eigenvalue weighted by Gasteiger charge is -2.11. The Hall–Kier alpha value is -0.250. The molecule has 0 aromatic heterocycles. The maximum Gasteiger partial charge on any atom is 0.401 e. The highest BCUT2D eigenvalue weighted by molar-refractivity contribution is 4.70. The molecule has 0 atom stereocenters. The molecule has 0 unspecified atom stereocenters. The van der Waals surface area contributed by atoms with E-state index in [-0.39, 0.29) is 0 Å². The number of hydrogen-bond donors (Lipinski definition) is 1. The van der Waals surface area contributed by atoms with Gasteiger partial charge in [0.2, 0.25) is 0 Å². The van der Waals surface area contributed by atoms with Crippen molar-refractivity contribution in [2.45, 2.75) is 31.9 Å². The van der Waals surface area contributed by atoms with E-state index in [9.17, 15) is 13.2 Å². The monoisotopic (exact) mass is 181 g/mol. The molecule has 12 heavy (non-hydrogen) atoms. The van der Waals surface area contributed by atoms with Gasteiger partial charge in [-0.05, 0) is 25.3 Å². The number of rotatable bonds is 3. The van der Waals surface area contributed by atoms with Gasteiger partial charge in [0, 0.05) is 0 Å². The van der Waals surface area contributed by atoms with E-state index in [0.717, 1.165) is 12.8 Å². The average Bonchev–Trinajstić information content (AvgIpc) is 2.36. The van der Waals surface area contributed by atoms with E-state index in [4.69, 9.17) is 0 Å². The van der Waals surface area contributed by atoms with Crippen LogP contribution in [0.3, 0.4) is 0 Å². The quantitative estimate of drug-likeness (QED) is 0.704. The van der Waals surface area contributed by atoms with Crippen LogP contribution in [-0.2, 0) is 0 Å². The molecular weight excluding hydrogens is 167 g/mol. The molecule has 0 aromatic carbocycles. The van der Waals surface area contributed by atoms with Crippen LogP contribution in [0.15, 0.2) is 0 Å². The number of alkyl halides is 3. The summed E-state index contributed by atoms with van der Waals surface area (Å²) in [5.74, 6) is 0.479. The molecule has 0 bridgehead atoms. The zero-order valence-electron chi connectivity index (χ0n) is 6.95. The Morgan fingerprint density at radius 2 is 1.75 bits per heavy atom. The molecular formula is C8H14F3N. The highest BCUT2D eigenvalue weighted by atomic mass is 19.4. The lowest BCUT2D eigenvalue weighted by molar-refractivity contribution is -0.125. The molecule has 1 fully saturated rings. The second kappa shape index (κ2) is 4.12. The summed E-state index contributed by atoms with van der Waals surface area (Å²) in [6.07, 6.45) is 0.477. The van der Waals surface area contributed by atoms with Crippen molar-refractivity contribution < 1.29 is 13.2 Å². The Morgan fingerprint density at radius 3 is 2.25 bits per heavy atom. The largest absolute Gasteiger partial charge is 0.401 e. The molecule has 1 rings (SSSR count). The fourth-order valence-electron chi connectivity index (χ4n) is 1.63. The van der Waals surface area contributed by atoms with Crippen LogP contribution in [0.2, 0.25) is 0 Å². The van der Waals surface area contributed by atoms with Crippen molar-refractivity contribution in [2.24, 2.45) is 5.92 Å². The van der Waals surface area contributed by atoms with Crippen molar-refractivity contribution in [2.75, 3.05) is 13.1 Å². The van der Waals surface area contributed by atoms with Crippen LogP contribution in [0.4, 0.5) is 13.2 Å². The second-order valence-corrected chi connectivity index (χ2v) is 3.40. The lowest BCUT2D eigenvalue weighted by atomic mass is 10.1. The third kappa shape index (κ3) is 3.95. The first-order valence-electron chi connectivity index (χ1n) is 4.35. The predicted molar refractivity (Wildman–Crippen MR) is 40.9 cm³/mol. The van der Waals surface area contributed by atoms with E-state index in [1.54, 1.807) is 0 Å². The molecule has 1 aliphatic rings. The third-order valence-electron chi connectivity index (χ3n) is 2.23. The van der Waals surface area contributed by atoms with E-state index in [0.29, 0.717) is 12.5 Å². The van der Waals surface area contributed by atoms with Crippen LogP contribution in [0.1, 0.15) is 25.7 Å². The third-order valence-corrected chi connectivity index (χ3v) is 2.23. The summed E-state index contributed by atoms with van der Waals surface area (Å²) in [4.78, 5) is 0. The minimum absolute atomic E-state index is 0.479. The van der Waals surface area contributed by atoms with Crippen molar-refractivity contribution in [3.63, 3.8) is 0 Å². The Kier molecular flexibility index (Phi) is 3.38. The van der Waals surface area contributed by atoms with Gasteiger partial charge in [-0.25, -0.2) is 0 Å². The summed E-state index contributed by atoms with van der Waals surface area (Å²) < 4.78 is 35.0. The number of halogens is 3. The van der Waals surface area contributed by atoms with Gasteiger partial charge in [-0.3, -0.25) is 0 Å². The molecule has 1 N–H and O–H groups in total. The standard InChI is InChI=1S/C8H14F3N/c9-8(10,11)6-12-5-7-3-1-2-4-7/h7,12H,1-6H2. The Labute approximate surface area is 70.3 Å². The molecule has 0 radical (unpaired) electrons. The highest BCUT2D eigenvalue weighted by Crippen LogP contribution is 2.24. The van der Waals surface area contributed by atoms with Crippen LogP contribution in [0.25, 0.3) is 0 Å². The highest BCUT2D eigenvalue weighted by Gasteiger charge is 2.27. The summed E-state index contributed by atoms with van der Waals surface area (Å²) in [5, 5.41) is 2.44. The fourth-order valence-corrected chi connectivity index (χ4v) is 1.63. The molecule has 1 saturated carbocycles. The normalized spacial score (nSPS) is 20.2. The van der Waals surface area contributed by atoms with Crippen LogP contribution in [-0.4, -0.2) is 19.3 Å². The molecule has 72 valence electrons. The summed E-state index contributed by atoms with van der Waals surface area (Å²) in [6.45, 7) is -0.316. The average molecular weight is 181 g/mol. The summed E-state index contributed by atoms with van der Waals surface area (Å²) >= 11 is 0. The van der Waals surface area contributed by atoms with E-state index in [2.05, 4.69) is 5.32 Å². The molecule has 0 aromatic rings. The van der Waals surface area contributed by atoms with Gasteiger partial charge in [0.25, 0.3) is 0 Å². The molecule has 4 heteroatoms. The molecule has 0 amide bonds. The second-order valence-electron chi connectivity index (χ2n) is 3.40. The smallest absolute Gasteiger partial charge is 0.308 e. The summed E-state index contributed by atoms with van der Waals surface area (Å²) in [7, 11) is 0. The van der Waals surface area contributed by atoms with Crippen LogP contribution in [0.5, 0.6) is 0 Å². The van der Waals surface area contributed by atoms with Gasteiger partial charge in [-0.15, -0.1) is 0 Å². The van der Waals surface area contributed by atoms with Gasteiger partial charge < -0.3 is 5.32 Å². The first-order chi connectivity index (χ1) is 5.58. The molecule has 0 saturated heterocycles. The molecule has 0 heterocycles. The van der Waals surface area contributed by atoms with Gasteiger partial charge in [-0.1, -0.05) is 12.8 Å². The first kappa shape index (κ1) is 9.84. The van der Waals surface area contributed by atoms with E-state index >= 15 is 0 Å². The first-order valence-corrected chi connectivity index (χ1v) is 4.35. The van der Waals surface area contributed by atoms with Crippen molar-refractivity contribution in [1.29, 1.82) is 0 Å². The van der Waals surface area contributed by atoms with Gasteiger partial charge in [0.05, 0.1) is 6.54 Å². The molecule has 1 aliphatic carbocycles. The van der Waals surface area contributed by atoms with Gasteiger partial charge in [-0.2, -0.15) is 13.2 Å². The minimum Gasteiger partial charge on any atom is -0.308 e. The van der Waals surface area contributed by atoms with Gasteiger partial charge >= 0.3 is 6.18 Å². The van der Waals surface area contributed by atoms with E-state index in [1.165, 1.54) is 12.8 Å².